The molecule has 1 aromatic carbocycles. The lowest BCUT2D eigenvalue weighted by molar-refractivity contribution is -0.387. The van der Waals surface area contributed by atoms with Crippen LogP contribution >= 0.6 is 11.6 Å². The van der Waals surface area contributed by atoms with E-state index in [1.54, 1.807) is 0 Å². The quantitative estimate of drug-likeness (QED) is 0.457. The second kappa shape index (κ2) is 7.28. The molecule has 0 aliphatic rings. The highest BCUT2D eigenvalue weighted by atomic mass is 35.5. The van der Waals surface area contributed by atoms with E-state index in [2.05, 4.69) is 0 Å². The zero-order valence-corrected chi connectivity index (χ0v) is 12.1. The maximum atomic E-state index is 13.9. The van der Waals surface area contributed by atoms with Gasteiger partial charge in [0.05, 0.1) is 16.9 Å². The highest BCUT2D eigenvalue weighted by molar-refractivity contribution is 6.21. The van der Waals surface area contributed by atoms with Crippen LogP contribution < -0.4 is 0 Å². The molecule has 0 aromatic heterocycles. The zero-order valence-electron chi connectivity index (χ0n) is 11.3. The standard InChI is InChI=1S/C12H13ClF2N2O4/c1-16(5-7(13)6-21-2)12(18)10-8(14)3-4-9(11(10)15)17(19)20/h3-4,7H,5-6H2,1-2H3. The van der Waals surface area contributed by atoms with Gasteiger partial charge >= 0.3 is 5.69 Å². The number of hydrogen-bond acceptors (Lipinski definition) is 4. The van der Waals surface area contributed by atoms with Crippen LogP contribution in [0, 0.1) is 21.7 Å². The van der Waals surface area contributed by atoms with Crippen LogP contribution in [0.3, 0.4) is 0 Å². The lowest BCUT2D eigenvalue weighted by atomic mass is 10.1. The average Bonchev–Trinajstić information content (AvgIpc) is 2.38. The molecule has 1 amide bonds. The zero-order chi connectivity index (χ0) is 16.2. The van der Waals surface area contributed by atoms with Crippen molar-refractivity contribution in [1.82, 2.24) is 4.90 Å². The number of hydrogen-bond donors (Lipinski definition) is 0. The van der Waals surface area contributed by atoms with Gasteiger partial charge in [0.15, 0.2) is 0 Å². The molecule has 1 unspecified atom stereocenters. The molecule has 0 radical (unpaired) electrons. The molecule has 6 nitrogen and oxygen atoms in total. The topological polar surface area (TPSA) is 72.7 Å². The second-order valence-corrected chi connectivity index (χ2v) is 4.87. The number of nitrogens with zero attached hydrogens (tertiary/aromatic N) is 2. The van der Waals surface area contributed by atoms with Crippen LogP contribution in [0.1, 0.15) is 10.4 Å². The normalized spacial score (nSPS) is 12.0. The van der Waals surface area contributed by atoms with Crippen molar-refractivity contribution in [1.29, 1.82) is 0 Å². The summed E-state index contributed by atoms with van der Waals surface area (Å²) >= 11 is 5.85. The fourth-order valence-electron chi connectivity index (χ4n) is 1.68. The number of carbonyl (C=O) groups excluding carboxylic acids is 1. The predicted octanol–water partition coefficient (Wildman–Crippen LogP) is 2.20. The minimum absolute atomic E-state index is 0.0319. The van der Waals surface area contributed by atoms with Crippen molar-refractivity contribution in [2.24, 2.45) is 0 Å². The molecule has 0 spiro atoms. The van der Waals surface area contributed by atoms with Crippen LogP contribution in [0.4, 0.5) is 14.5 Å². The summed E-state index contributed by atoms with van der Waals surface area (Å²) in [6.07, 6.45) is 0. The molecule has 1 atom stereocenters. The molecule has 0 heterocycles. The number of alkyl halides is 1. The van der Waals surface area contributed by atoms with Crippen LogP contribution in [0.15, 0.2) is 12.1 Å². The first kappa shape index (κ1) is 17.3. The number of amides is 1. The minimum Gasteiger partial charge on any atom is -0.383 e. The molecule has 1 aromatic rings. The SMILES string of the molecule is COCC(Cl)CN(C)C(=O)c1c(F)ccc([N+](=O)[O-])c1F. The van der Waals surface area contributed by atoms with Gasteiger partial charge in [0, 0.05) is 26.8 Å². The monoisotopic (exact) mass is 322 g/mol. The molecule has 0 bridgehead atoms. The Morgan fingerprint density at radius 2 is 2.14 bits per heavy atom. The van der Waals surface area contributed by atoms with Gasteiger partial charge in [0.2, 0.25) is 5.82 Å². The van der Waals surface area contributed by atoms with Crippen molar-refractivity contribution in [3.63, 3.8) is 0 Å². The maximum Gasteiger partial charge on any atom is 0.305 e. The van der Waals surface area contributed by atoms with E-state index in [0.29, 0.717) is 12.1 Å². The highest BCUT2D eigenvalue weighted by Crippen LogP contribution is 2.24. The highest BCUT2D eigenvalue weighted by Gasteiger charge is 2.28. The first-order valence-corrected chi connectivity index (χ1v) is 6.24. The molecule has 0 aliphatic carbocycles. The lowest BCUT2D eigenvalue weighted by Gasteiger charge is -2.20. The first-order valence-electron chi connectivity index (χ1n) is 5.80. The van der Waals surface area contributed by atoms with Crippen LogP contribution in [0.25, 0.3) is 0 Å². The summed E-state index contributed by atoms with van der Waals surface area (Å²) in [5, 5.41) is 10.0. The van der Waals surface area contributed by atoms with E-state index in [-0.39, 0.29) is 13.2 Å². The van der Waals surface area contributed by atoms with E-state index in [1.807, 2.05) is 0 Å². The third-order valence-corrected chi connectivity index (χ3v) is 2.91. The van der Waals surface area contributed by atoms with Gasteiger partial charge in [0.25, 0.3) is 5.91 Å². The Morgan fingerprint density at radius 1 is 1.52 bits per heavy atom. The van der Waals surface area contributed by atoms with Crippen molar-refractivity contribution < 1.29 is 23.2 Å². The van der Waals surface area contributed by atoms with Gasteiger partial charge < -0.3 is 9.64 Å². The number of benzene rings is 1. The molecule has 116 valence electrons. The molecule has 0 fully saturated rings. The maximum absolute atomic E-state index is 13.9. The number of carbonyl (C=O) groups is 1. The summed E-state index contributed by atoms with van der Waals surface area (Å²) in [7, 11) is 2.70. The minimum atomic E-state index is -1.50. The molecular weight excluding hydrogens is 310 g/mol. The Balaban J connectivity index is 3.07. The van der Waals surface area contributed by atoms with Gasteiger partial charge in [-0.05, 0) is 6.07 Å². The summed E-state index contributed by atoms with van der Waals surface area (Å²) in [5.74, 6) is -3.71. The van der Waals surface area contributed by atoms with Gasteiger partial charge in [-0.15, -0.1) is 11.6 Å². The summed E-state index contributed by atoms with van der Waals surface area (Å²) in [4.78, 5) is 22.6. The molecular formula is C12H13ClF2N2O4. The van der Waals surface area contributed by atoms with Crippen molar-refractivity contribution in [3.05, 3.63) is 39.4 Å². The summed E-state index contributed by atoms with van der Waals surface area (Å²) < 4.78 is 32.3. The van der Waals surface area contributed by atoms with E-state index in [4.69, 9.17) is 16.3 Å². The molecule has 0 saturated carbocycles. The van der Waals surface area contributed by atoms with Crippen molar-refractivity contribution >= 4 is 23.2 Å². The van der Waals surface area contributed by atoms with Crippen molar-refractivity contribution in [3.8, 4) is 0 Å². The number of halogens is 3. The van der Waals surface area contributed by atoms with E-state index >= 15 is 0 Å². The molecule has 21 heavy (non-hydrogen) atoms. The van der Waals surface area contributed by atoms with Gasteiger partial charge in [-0.1, -0.05) is 0 Å². The Labute approximate surface area is 124 Å². The number of methoxy groups -OCH3 is 1. The number of nitro groups is 1. The van der Waals surface area contributed by atoms with Gasteiger partial charge in [-0.25, -0.2) is 4.39 Å². The van der Waals surface area contributed by atoms with Gasteiger partial charge in [-0.2, -0.15) is 4.39 Å². The van der Waals surface area contributed by atoms with Crippen LogP contribution in [-0.4, -0.2) is 48.4 Å². The molecule has 1 rings (SSSR count). The number of nitro benzene ring substituents is 1. The second-order valence-electron chi connectivity index (χ2n) is 4.25. The molecule has 0 saturated heterocycles. The predicted molar refractivity (Wildman–Crippen MR) is 71.5 cm³/mol. The Hall–Kier alpha value is -1.80. The Kier molecular flexibility index (Phi) is 5.98. The first-order chi connectivity index (χ1) is 9.79. The van der Waals surface area contributed by atoms with Gasteiger partial charge in [0.1, 0.15) is 11.4 Å². The largest absolute Gasteiger partial charge is 0.383 e. The van der Waals surface area contributed by atoms with Crippen LogP contribution in [0.5, 0.6) is 0 Å². The smallest absolute Gasteiger partial charge is 0.305 e. The Morgan fingerprint density at radius 3 is 2.67 bits per heavy atom. The third kappa shape index (κ3) is 4.08. The van der Waals surface area contributed by atoms with Crippen molar-refractivity contribution in [2.45, 2.75) is 5.38 Å². The van der Waals surface area contributed by atoms with E-state index in [9.17, 15) is 23.7 Å². The molecule has 0 N–H and O–H groups in total. The van der Waals surface area contributed by atoms with Gasteiger partial charge in [-0.3, -0.25) is 14.9 Å². The number of ether oxygens (including phenoxy) is 1. The fourth-order valence-corrected chi connectivity index (χ4v) is 2.02. The molecule has 9 heteroatoms. The van der Waals surface area contributed by atoms with Crippen molar-refractivity contribution in [2.75, 3.05) is 27.3 Å². The van der Waals surface area contributed by atoms with E-state index in [0.717, 1.165) is 4.90 Å². The third-order valence-electron chi connectivity index (χ3n) is 2.65. The summed E-state index contributed by atoms with van der Waals surface area (Å²) in [5.41, 5.74) is -1.94. The number of rotatable bonds is 6. The van der Waals surface area contributed by atoms with E-state index in [1.165, 1.54) is 14.2 Å². The van der Waals surface area contributed by atoms with Crippen LogP contribution in [-0.2, 0) is 4.74 Å². The lowest BCUT2D eigenvalue weighted by Crippen LogP contribution is -2.35. The van der Waals surface area contributed by atoms with E-state index < -0.39 is 39.1 Å². The fraction of sp³-hybridized carbons (Fsp3) is 0.417. The van der Waals surface area contributed by atoms with Crippen LogP contribution in [0.2, 0.25) is 0 Å². The Bertz CT molecular complexity index is 556. The summed E-state index contributed by atoms with van der Waals surface area (Å²) in [6.45, 7) is 0.106. The average molecular weight is 323 g/mol. The summed E-state index contributed by atoms with van der Waals surface area (Å²) in [6, 6.07) is 1.34. The molecule has 0 aliphatic heterocycles.